The molecule has 0 aromatic rings. The highest BCUT2D eigenvalue weighted by atomic mass is 16.7. The molecule has 0 amide bonds. The molecule has 0 radical (unpaired) electrons. The lowest BCUT2D eigenvalue weighted by atomic mass is 9.82. The van der Waals surface area contributed by atoms with Crippen LogP contribution >= 0.6 is 0 Å². The van der Waals surface area contributed by atoms with E-state index in [4.69, 9.17) is 9.47 Å². The van der Waals surface area contributed by atoms with E-state index in [1.54, 1.807) is 0 Å². The number of rotatable bonds is 2. The van der Waals surface area contributed by atoms with E-state index in [1.165, 1.54) is 0 Å². The molecular formula is C12H14O2. The second kappa shape index (κ2) is 2.05. The third kappa shape index (κ3) is 0.711. The van der Waals surface area contributed by atoms with E-state index < -0.39 is 0 Å². The van der Waals surface area contributed by atoms with Gasteiger partial charge in [-0.25, -0.2) is 0 Å². The standard InChI is InChI=1S/C12H14O2/c1-7(2)11-5-6-12(8(3)4)10(14-12)9(11)13-11/h5-6,9-10H,1,3H2,2,4H3. The van der Waals surface area contributed by atoms with Crippen LogP contribution < -0.4 is 0 Å². The van der Waals surface area contributed by atoms with Crippen molar-refractivity contribution in [2.75, 3.05) is 0 Å². The van der Waals surface area contributed by atoms with Crippen LogP contribution in [-0.4, -0.2) is 23.4 Å². The lowest BCUT2D eigenvalue weighted by molar-refractivity contribution is 0.293. The molecule has 3 rings (SSSR count). The maximum Gasteiger partial charge on any atom is 0.136 e. The first kappa shape index (κ1) is 8.45. The minimum absolute atomic E-state index is 0.168. The Labute approximate surface area is 83.9 Å². The zero-order valence-electron chi connectivity index (χ0n) is 8.54. The van der Waals surface area contributed by atoms with Crippen molar-refractivity contribution in [3.63, 3.8) is 0 Å². The van der Waals surface area contributed by atoms with E-state index in [2.05, 4.69) is 25.3 Å². The molecule has 2 saturated heterocycles. The summed E-state index contributed by atoms with van der Waals surface area (Å²) in [6, 6.07) is 0. The summed E-state index contributed by atoms with van der Waals surface area (Å²) in [7, 11) is 0. The predicted octanol–water partition coefficient (Wildman–Crippen LogP) is 1.98. The Balaban J connectivity index is 1.97. The van der Waals surface area contributed by atoms with Crippen LogP contribution in [0.5, 0.6) is 0 Å². The van der Waals surface area contributed by atoms with E-state index in [-0.39, 0.29) is 23.4 Å². The van der Waals surface area contributed by atoms with Gasteiger partial charge in [-0.05, 0) is 37.1 Å². The Hall–Kier alpha value is -0.860. The molecule has 0 bridgehead atoms. The maximum absolute atomic E-state index is 5.70. The van der Waals surface area contributed by atoms with Crippen molar-refractivity contribution in [1.29, 1.82) is 0 Å². The molecule has 0 spiro atoms. The van der Waals surface area contributed by atoms with Gasteiger partial charge in [-0.3, -0.25) is 0 Å². The minimum Gasteiger partial charge on any atom is -0.354 e. The van der Waals surface area contributed by atoms with Crippen molar-refractivity contribution >= 4 is 0 Å². The second-order valence-corrected chi connectivity index (χ2v) is 4.56. The quantitative estimate of drug-likeness (QED) is 0.491. The van der Waals surface area contributed by atoms with Gasteiger partial charge in [-0.1, -0.05) is 13.2 Å². The van der Waals surface area contributed by atoms with Gasteiger partial charge in [0, 0.05) is 0 Å². The van der Waals surface area contributed by atoms with Gasteiger partial charge in [0.15, 0.2) is 0 Å². The van der Waals surface area contributed by atoms with Gasteiger partial charge < -0.3 is 9.47 Å². The van der Waals surface area contributed by atoms with Crippen LogP contribution in [-0.2, 0) is 9.47 Å². The molecule has 14 heavy (non-hydrogen) atoms. The first-order valence-corrected chi connectivity index (χ1v) is 4.91. The Morgan fingerprint density at radius 1 is 1.00 bits per heavy atom. The number of hydrogen-bond acceptors (Lipinski definition) is 2. The summed E-state index contributed by atoms with van der Waals surface area (Å²) < 4.78 is 11.4. The van der Waals surface area contributed by atoms with Crippen molar-refractivity contribution in [3.8, 4) is 0 Å². The van der Waals surface area contributed by atoms with Gasteiger partial charge in [0.1, 0.15) is 23.4 Å². The lowest BCUT2D eigenvalue weighted by Gasteiger charge is -2.14. The third-order valence-electron chi connectivity index (χ3n) is 3.56. The molecule has 4 atom stereocenters. The Morgan fingerprint density at radius 3 is 1.64 bits per heavy atom. The molecule has 0 aromatic heterocycles. The average Bonchev–Trinajstić information content (AvgIpc) is 2.97. The van der Waals surface area contributed by atoms with Crippen LogP contribution in [0.3, 0.4) is 0 Å². The molecule has 3 aliphatic rings. The van der Waals surface area contributed by atoms with Crippen molar-refractivity contribution in [3.05, 3.63) is 36.5 Å². The summed E-state index contributed by atoms with van der Waals surface area (Å²) in [5.41, 5.74) is 1.68. The number of epoxide rings is 2. The van der Waals surface area contributed by atoms with Crippen LogP contribution in [0.4, 0.5) is 0 Å². The van der Waals surface area contributed by atoms with Gasteiger partial charge >= 0.3 is 0 Å². The highest BCUT2D eigenvalue weighted by Gasteiger charge is 2.75. The Kier molecular flexibility index (Phi) is 1.23. The molecule has 2 nitrogen and oxygen atoms in total. The molecule has 2 heteroatoms. The SMILES string of the molecule is C=C(C)C12C=CC3(C(=C)C)OC3C1O2. The molecule has 0 saturated carbocycles. The predicted molar refractivity (Wildman–Crippen MR) is 54.0 cm³/mol. The van der Waals surface area contributed by atoms with Crippen LogP contribution in [0, 0.1) is 0 Å². The van der Waals surface area contributed by atoms with E-state index in [1.807, 2.05) is 13.8 Å². The normalized spacial score (nSPS) is 51.9. The van der Waals surface area contributed by atoms with Crippen molar-refractivity contribution in [2.24, 2.45) is 0 Å². The highest BCUT2D eigenvalue weighted by molar-refractivity contribution is 5.48. The molecule has 4 unspecified atom stereocenters. The Morgan fingerprint density at radius 2 is 1.36 bits per heavy atom. The lowest BCUT2D eigenvalue weighted by Crippen LogP contribution is -2.27. The zero-order valence-corrected chi connectivity index (χ0v) is 8.54. The van der Waals surface area contributed by atoms with E-state index in [0.717, 1.165) is 11.1 Å². The molecule has 2 aliphatic heterocycles. The minimum atomic E-state index is -0.222. The topological polar surface area (TPSA) is 25.1 Å². The summed E-state index contributed by atoms with van der Waals surface area (Å²) in [6.07, 6.45) is 4.50. The van der Waals surface area contributed by atoms with Gasteiger partial charge in [-0.2, -0.15) is 0 Å². The fraction of sp³-hybridized carbons (Fsp3) is 0.500. The fourth-order valence-electron chi connectivity index (χ4n) is 2.41. The fourth-order valence-corrected chi connectivity index (χ4v) is 2.41. The van der Waals surface area contributed by atoms with Crippen LogP contribution in [0.2, 0.25) is 0 Å². The average molecular weight is 190 g/mol. The summed E-state index contributed by atoms with van der Waals surface area (Å²) >= 11 is 0. The van der Waals surface area contributed by atoms with Gasteiger partial charge in [0.25, 0.3) is 0 Å². The van der Waals surface area contributed by atoms with Crippen LogP contribution in [0.15, 0.2) is 36.5 Å². The van der Waals surface area contributed by atoms with E-state index >= 15 is 0 Å². The van der Waals surface area contributed by atoms with E-state index in [0.29, 0.717) is 0 Å². The van der Waals surface area contributed by atoms with Crippen molar-refractivity contribution in [1.82, 2.24) is 0 Å². The zero-order chi connectivity index (χ0) is 10.1. The first-order chi connectivity index (χ1) is 6.53. The molecule has 0 aromatic carbocycles. The molecule has 2 fully saturated rings. The number of fused-ring (bicyclic) bond motifs is 3. The molecule has 74 valence electrons. The van der Waals surface area contributed by atoms with Crippen LogP contribution in [0.1, 0.15) is 13.8 Å². The Bertz CT molecular complexity index is 346. The van der Waals surface area contributed by atoms with E-state index in [9.17, 15) is 0 Å². The van der Waals surface area contributed by atoms with Crippen molar-refractivity contribution in [2.45, 2.75) is 37.3 Å². The second-order valence-electron chi connectivity index (χ2n) is 4.56. The van der Waals surface area contributed by atoms with Gasteiger partial charge in [0.05, 0.1) is 0 Å². The molecular weight excluding hydrogens is 176 g/mol. The van der Waals surface area contributed by atoms with Crippen LogP contribution in [0.25, 0.3) is 0 Å². The van der Waals surface area contributed by atoms with Gasteiger partial charge in [0.2, 0.25) is 0 Å². The molecule has 0 N–H and O–H groups in total. The monoisotopic (exact) mass is 190 g/mol. The largest absolute Gasteiger partial charge is 0.354 e. The van der Waals surface area contributed by atoms with Crippen molar-refractivity contribution < 1.29 is 9.47 Å². The first-order valence-electron chi connectivity index (χ1n) is 4.91. The smallest absolute Gasteiger partial charge is 0.136 e. The highest BCUT2D eigenvalue weighted by Crippen LogP contribution is 2.61. The summed E-state index contributed by atoms with van der Waals surface area (Å²) in [5, 5.41) is 0. The summed E-state index contributed by atoms with van der Waals surface area (Å²) in [4.78, 5) is 0. The summed E-state index contributed by atoms with van der Waals surface area (Å²) in [6.45, 7) is 11.9. The molecule has 1 aliphatic carbocycles. The number of ether oxygens (including phenoxy) is 2. The number of hydrogen-bond donors (Lipinski definition) is 0. The third-order valence-corrected chi connectivity index (χ3v) is 3.56. The maximum atomic E-state index is 5.70. The summed E-state index contributed by atoms with van der Waals surface area (Å²) in [5.74, 6) is 0. The molecule has 2 heterocycles. The van der Waals surface area contributed by atoms with Gasteiger partial charge in [-0.15, -0.1) is 0 Å².